The molecule has 1 aliphatic rings. The maximum Gasteiger partial charge on any atom is 0.242 e. The molecule has 2 amide bonds. The van der Waals surface area contributed by atoms with Crippen LogP contribution >= 0.6 is 11.6 Å². The monoisotopic (exact) mass is 401 g/mol. The fourth-order valence-corrected chi connectivity index (χ4v) is 3.21. The number of methoxy groups -OCH3 is 1. The molecule has 0 aliphatic heterocycles. The minimum atomic E-state index is -0.547. The average Bonchev–Trinajstić information content (AvgIpc) is 3.46. The van der Waals surface area contributed by atoms with Crippen molar-refractivity contribution in [2.24, 2.45) is 0 Å². The van der Waals surface area contributed by atoms with Crippen LogP contribution in [0.15, 0.2) is 48.5 Å². The molecule has 148 valence electrons. The van der Waals surface area contributed by atoms with E-state index in [-0.39, 0.29) is 24.4 Å². The summed E-state index contributed by atoms with van der Waals surface area (Å²) in [5, 5.41) is 6.34. The molecule has 2 aromatic rings. The van der Waals surface area contributed by atoms with Crippen molar-refractivity contribution in [1.29, 1.82) is 0 Å². The first-order valence-electron chi connectivity index (χ1n) is 9.17. The Kier molecular flexibility index (Phi) is 6.54. The number of hydrogen-bond acceptors (Lipinski definition) is 4. The first kappa shape index (κ1) is 20.2. The fraction of sp³-hybridized carbons (Fsp3) is 0.333. The zero-order chi connectivity index (χ0) is 20.1. The van der Waals surface area contributed by atoms with Crippen molar-refractivity contribution in [3.8, 4) is 5.75 Å². The van der Waals surface area contributed by atoms with Gasteiger partial charge in [-0.25, -0.2) is 0 Å². The van der Waals surface area contributed by atoms with Crippen LogP contribution in [0.4, 0.5) is 5.69 Å². The van der Waals surface area contributed by atoms with Gasteiger partial charge in [0.1, 0.15) is 11.8 Å². The number of amides is 2. The van der Waals surface area contributed by atoms with Gasteiger partial charge >= 0.3 is 0 Å². The molecule has 0 spiro atoms. The summed E-state index contributed by atoms with van der Waals surface area (Å²) in [6.45, 7) is 0.0350. The second-order valence-corrected chi connectivity index (χ2v) is 7.34. The minimum absolute atomic E-state index is 0.0350. The lowest BCUT2D eigenvalue weighted by molar-refractivity contribution is -0.127. The molecular formula is C21H24ClN3O3. The summed E-state index contributed by atoms with van der Waals surface area (Å²) in [5.74, 6) is 0.166. The molecule has 1 fully saturated rings. The average molecular weight is 402 g/mol. The molecule has 3 rings (SSSR count). The van der Waals surface area contributed by atoms with Crippen molar-refractivity contribution < 1.29 is 14.3 Å². The van der Waals surface area contributed by atoms with Crippen LogP contribution in [0.1, 0.15) is 24.4 Å². The second-order valence-electron chi connectivity index (χ2n) is 6.90. The minimum Gasteiger partial charge on any atom is -0.495 e. The van der Waals surface area contributed by atoms with Gasteiger partial charge in [-0.05, 0) is 43.7 Å². The number of carbonyl (C=O) groups excluding carboxylic acids is 2. The van der Waals surface area contributed by atoms with E-state index in [2.05, 4.69) is 10.6 Å². The van der Waals surface area contributed by atoms with Gasteiger partial charge in [0.25, 0.3) is 0 Å². The maximum atomic E-state index is 12.8. The fourth-order valence-electron chi connectivity index (χ4n) is 3.03. The number of likely N-dealkylation sites (N-methyl/N-ethyl adjacent to an activating group) is 1. The standard InChI is InChI=1S/C21H24ClN3O3/c1-25(13-19(26)24-17-12-15(22)8-11-18(17)28-2)20(14-6-4-3-5-7-14)21(27)23-16-9-10-16/h3-8,11-12,16,20H,9-10,13H2,1-2H3,(H,23,27)(H,24,26). The second kappa shape index (κ2) is 9.08. The highest BCUT2D eigenvalue weighted by atomic mass is 35.5. The summed E-state index contributed by atoms with van der Waals surface area (Å²) in [5.41, 5.74) is 1.34. The molecule has 0 saturated heterocycles. The number of halogens is 1. The molecule has 28 heavy (non-hydrogen) atoms. The zero-order valence-corrected chi connectivity index (χ0v) is 16.7. The van der Waals surface area contributed by atoms with Gasteiger partial charge in [0.15, 0.2) is 0 Å². The van der Waals surface area contributed by atoms with Crippen LogP contribution in [0.2, 0.25) is 5.02 Å². The van der Waals surface area contributed by atoms with Crippen LogP contribution in [-0.4, -0.2) is 43.5 Å². The Bertz CT molecular complexity index is 840. The third-order valence-corrected chi connectivity index (χ3v) is 4.79. The lowest BCUT2D eigenvalue weighted by Crippen LogP contribution is -2.42. The highest BCUT2D eigenvalue weighted by molar-refractivity contribution is 6.31. The maximum absolute atomic E-state index is 12.8. The molecule has 2 aromatic carbocycles. The van der Waals surface area contributed by atoms with Gasteiger partial charge < -0.3 is 15.4 Å². The third-order valence-electron chi connectivity index (χ3n) is 4.56. The van der Waals surface area contributed by atoms with Crippen LogP contribution in [0.25, 0.3) is 0 Å². The topological polar surface area (TPSA) is 70.7 Å². The van der Waals surface area contributed by atoms with Gasteiger partial charge in [-0.15, -0.1) is 0 Å². The summed E-state index contributed by atoms with van der Waals surface area (Å²) < 4.78 is 5.26. The van der Waals surface area contributed by atoms with E-state index in [4.69, 9.17) is 16.3 Å². The van der Waals surface area contributed by atoms with Crippen molar-refractivity contribution in [2.45, 2.75) is 24.9 Å². The molecule has 7 heteroatoms. The van der Waals surface area contributed by atoms with E-state index >= 15 is 0 Å². The molecule has 6 nitrogen and oxygen atoms in total. The van der Waals surface area contributed by atoms with E-state index in [0.717, 1.165) is 18.4 Å². The van der Waals surface area contributed by atoms with E-state index in [1.807, 2.05) is 30.3 Å². The summed E-state index contributed by atoms with van der Waals surface area (Å²) in [6, 6.07) is 14.2. The Morgan fingerprint density at radius 2 is 1.93 bits per heavy atom. The van der Waals surface area contributed by atoms with Crippen LogP contribution in [0.5, 0.6) is 5.75 Å². The number of nitrogens with zero attached hydrogens (tertiary/aromatic N) is 1. The van der Waals surface area contributed by atoms with Gasteiger partial charge in [-0.3, -0.25) is 14.5 Å². The van der Waals surface area contributed by atoms with E-state index in [1.54, 1.807) is 30.1 Å². The van der Waals surface area contributed by atoms with Crippen LogP contribution < -0.4 is 15.4 Å². The Morgan fingerprint density at radius 3 is 2.57 bits per heavy atom. The van der Waals surface area contributed by atoms with E-state index in [1.165, 1.54) is 7.11 Å². The zero-order valence-electron chi connectivity index (χ0n) is 15.9. The largest absolute Gasteiger partial charge is 0.495 e. The first-order chi connectivity index (χ1) is 13.5. The summed E-state index contributed by atoms with van der Waals surface area (Å²) in [7, 11) is 3.29. The number of rotatable bonds is 8. The quantitative estimate of drug-likeness (QED) is 0.712. The number of nitrogens with one attached hydrogen (secondary N) is 2. The molecule has 1 atom stereocenters. The van der Waals surface area contributed by atoms with Crippen LogP contribution in [0, 0.1) is 0 Å². The van der Waals surface area contributed by atoms with Gasteiger partial charge in [0.2, 0.25) is 11.8 Å². The molecule has 1 unspecified atom stereocenters. The SMILES string of the molecule is COc1ccc(Cl)cc1NC(=O)CN(C)C(C(=O)NC1CC1)c1ccccc1. The molecule has 0 aromatic heterocycles. The number of anilines is 1. The van der Waals surface area contributed by atoms with Gasteiger partial charge in [-0.1, -0.05) is 41.9 Å². The Hall–Kier alpha value is -2.57. The van der Waals surface area contributed by atoms with E-state index in [0.29, 0.717) is 16.5 Å². The number of carbonyl (C=O) groups is 2. The van der Waals surface area contributed by atoms with Crippen molar-refractivity contribution >= 4 is 29.1 Å². The highest BCUT2D eigenvalue weighted by Crippen LogP contribution is 2.28. The summed E-state index contributed by atoms with van der Waals surface area (Å²) >= 11 is 6.02. The predicted octanol–water partition coefficient (Wildman–Crippen LogP) is 3.24. The van der Waals surface area contributed by atoms with Crippen molar-refractivity contribution in [2.75, 3.05) is 26.0 Å². The molecule has 0 heterocycles. The van der Waals surface area contributed by atoms with Crippen molar-refractivity contribution in [3.63, 3.8) is 0 Å². The normalized spacial score (nSPS) is 14.4. The first-order valence-corrected chi connectivity index (χ1v) is 9.54. The Balaban J connectivity index is 1.72. The molecular weight excluding hydrogens is 378 g/mol. The lowest BCUT2D eigenvalue weighted by Gasteiger charge is -2.27. The summed E-state index contributed by atoms with van der Waals surface area (Å²) in [6.07, 6.45) is 2.01. The Labute approximate surface area is 169 Å². The smallest absolute Gasteiger partial charge is 0.242 e. The predicted molar refractivity (Wildman–Crippen MR) is 110 cm³/mol. The molecule has 2 N–H and O–H groups in total. The molecule has 1 aliphatic carbocycles. The van der Waals surface area contributed by atoms with E-state index in [9.17, 15) is 9.59 Å². The Morgan fingerprint density at radius 1 is 1.21 bits per heavy atom. The van der Waals surface area contributed by atoms with E-state index < -0.39 is 6.04 Å². The molecule has 1 saturated carbocycles. The van der Waals surface area contributed by atoms with Crippen LogP contribution in [0.3, 0.4) is 0 Å². The number of benzene rings is 2. The third kappa shape index (κ3) is 5.24. The molecule has 0 radical (unpaired) electrons. The van der Waals surface area contributed by atoms with Gasteiger partial charge in [-0.2, -0.15) is 0 Å². The number of hydrogen-bond donors (Lipinski definition) is 2. The van der Waals surface area contributed by atoms with Crippen molar-refractivity contribution in [1.82, 2.24) is 10.2 Å². The van der Waals surface area contributed by atoms with Crippen LogP contribution in [-0.2, 0) is 9.59 Å². The summed E-state index contributed by atoms with van der Waals surface area (Å²) in [4.78, 5) is 27.1. The van der Waals surface area contributed by atoms with Gasteiger partial charge in [0, 0.05) is 11.1 Å². The van der Waals surface area contributed by atoms with Crippen molar-refractivity contribution in [3.05, 3.63) is 59.1 Å². The molecule has 0 bridgehead atoms. The highest BCUT2D eigenvalue weighted by Gasteiger charge is 2.31. The number of ether oxygens (including phenoxy) is 1. The van der Waals surface area contributed by atoms with Gasteiger partial charge in [0.05, 0.1) is 19.3 Å². The lowest BCUT2D eigenvalue weighted by atomic mass is 10.0.